The van der Waals surface area contributed by atoms with Gasteiger partial charge >= 0.3 is 0 Å². The fraction of sp³-hybridized carbons (Fsp3) is 0.455. The fourth-order valence-electron chi connectivity index (χ4n) is 4.46. The van der Waals surface area contributed by atoms with Crippen LogP contribution in [0.3, 0.4) is 0 Å². The second-order valence-electron chi connectivity index (χ2n) is 7.53. The predicted molar refractivity (Wildman–Crippen MR) is 100 cm³/mol. The normalized spacial score (nSPS) is 23.2. The van der Waals surface area contributed by atoms with Gasteiger partial charge in [0.1, 0.15) is 5.69 Å². The molecule has 1 amide bonds. The number of amides is 1. The van der Waals surface area contributed by atoms with E-state index in [2.05, 4.69) is 36.1 Å². The third-order valence-electron chi connectivity index (χ3n) is 5.82. The third kappa shape index (κ3) is 3.33. The van der Waals surface area contributed by atoms with Crippen molar-refractivity contribution in [2.45, 2.75) is 51.5 Å². The van der Waals surface area contributed by atoms with Crippen LogP contribution in [0.2, 0.25) is 0 Å². The first-order valence-corrected chi connectivity index (χ1v) is 9.57. The van der Waals surface area contributed by atoms with Gasteiger partial charge in [0.05, 0.1) is 5.69 Å². The molecule has 2 fully saturated rings. The molecule has 2 unspecified atom stereocenters. The molecule has 3 heteroatoms. The van der Waals surface area contributed by atoms with E-state index >= 15 is 0 Å². The Morgan fingerprint density at radius 3 is 2.60 bits per heavy atom. The highest BCUT2D eigenvalue weighted by molar-refractivity contribution is 5.93. The standard InChI is InChI=1S/C22H26N2O/c1-16-11-13-17(14-12-16)19-8-4-9-20(23-19)22(25)24-15-5-7-18-6-2-3-10-21(18)24/h4,8-9,11-14,18,21H,2-3,5-7,10,15H2,1H3. The second kappa shape index (κ2) is 6.99. The molecule has 130 valence electrons. The number of benzene rings is 1. The number of piperidine rings is 1. The van der Waals surface area contributed by atoms with E-state index in [1.807, 2.05) is 18.2 Å². The smallest absolute Gasteiger partial charge is 0.272 e. The van der Waals surface area contributed by atoms with Crippen LogP contribution >= 0.6 is 0 Å². The number of likely N-dealkylation sites (tertiary alicyclic amines) is 1. The summed E-state index contributed by atoms with van der Waals surface area (Å²) in [5, 5.41) is 0. The fourth-order valence-corrected chi connectivity index (χ4v) is 4.46. The van der Waals surface area contributed by atoms with Crippen molar-refractivity contribution >= 4 is 5.91 Å². The quantitative estimate of drug-likeness (QED) is 0.786. The Kier molecular flexibility index (Phi) is 4.56. The molecule has 0 radical (unpaired) electrons. The molecule has 25 heavy (non-hydrogen) atoms. The molecule has 2 aromatic rings. The van der Waals surface area contributed by atoms with Gasteiger partial charge in [-0.15, -0.1) is 0 Å². The molecule has 1 saturated heterocycles. The van der Waals surface area contributed by atoms with Gasteiger partial charge in [-0.1, -0.05) is 48.7 Å². The molecule has 2 aliphatic rings. The van der Waals surface area contributed by atoms with E-state index in [0.717, 1.165) is 30.6 Å². The van der Waals surface area contributed by atoms with Crippen LogP contribution in [0.1, 0.15) is 54.6 Å². The Labute approximate surface area is 150 Å². The highest BCUT2D eigenvalue weighted by atomic mass is 16.2. The summed E-state index contributed by atoms with van der Waals surface area (Å²) >= 11 is 0. The van der Waals surface area contributed by atoms with Gasteiger partial charge in [-0.05, 0) is 50.7 Å². The minimum Gasteiger partial charge on any atom is -0.334 e. The summed E-state index contributed by atoms with van der Waals surface area (Å²) in [5.41, 5.74) is 3.76. The Morgan fingerprint density at radius 1 is 1.00 bits per heavy atom. The number of rotatable bonds is 2. The minimum absolute atomic E-state index is 0.116. The molecule has 1 aliphatic carbocycles. The van der Waals surface area contributed by atoms with Crippen molar-refractivity contribution in [2.75, 3.05) is 6.54 Å². The number of hydrogen-bond acceptors (Lipinski definition) is 2. The van der Waals surface area contributed by atoms with Crippen LogP contribution in [-0.4, -0.2) is 28.4 Å². The van der Waals surface area contributed by atoms with Gasteiger partial charge in [0.15, 0.2) is 0 Å². The zero-order valence-electron chi connectivity index (χ0n) is 14.9. The molecule has 0 N–H and O–H groups in total. The second-order valence-corrected chi connectivity index (χ2v) is 7.53. The van der Waals surface area contributed by atoms with Crippen LogP contribution in [0.4, 0.5) is 0 Å². The molecule has 4 rings (SSSR count). The average molecular weight is 334 g/mol. The molecule has 1 aliphatic heterocycles. The number of carbonyl (C=O) groups excluding carboxylic acids is 1. The summed E-state index contributed by atoms with van der Waals surface area (Å²) in [4.78, 5) is 20.0. The first-order valence-electron chi connectivity index (χ1n) is 9.57. The number of hydrogen-bond donors (Lipinski definition) is 0. The van der Waals surface area contributed by atoms with E-state index in [1.165, 1.54) is 31.2 Å². The Balaban J connectivity index is 1.59. The Hall–Kier alpha value is -2.16. The summed E-state index contributed by atoms with van der Waals surface area (Å²) < 4.78 is 0. The highest BCUT2D eigenvalue weighted by Crippen LogP contribution is 2.35. The van der Waals surface area contributed by atoms with E-state index < -0.39 is 0 Å². The zero-order chi connectivity index (χ0) is 17.2. The SMILES string of the molecule is Cc1ccc(-c2cccc(C(=O)N3CCCC4CCCCC43)n2)cc1. The number of carbonyl (C=O) groups is 1. The lowest BCUT2D eigenvalue weighted by molar-refractivity contribution is 0.0385. The van der Waals surface area contributed by atoms with Crippen LogP contribution in [-0.2, 0) is 0 Å². The van der Waals surface area contributed by atoms with Crippen molar-refractivity contribution in [1.29, 1.82) is 0 Å². The van der Waals surface area contributed by atoms with E-state index in [0.29, 0.717) is 17.7 Å². The maximum absolute atomic E-state index is 13.2. The van der Waals surface area contributed by atoms with Gasteiger partial charge < -0.3 is 4.90 Å². The highest BCUT2D eigenvalue weighted by Gasteiger charge is 2.36. The molecule has 2 atom stereocenters. The topological polar surface area (TPSA) is 33.2 Å². The third-order valence-corrected chi connectivity index (χ3v) is 5.82. The van der Waals surface area contributed by atoms with Gasteiger partial charge in [-0.2, -0.15) is 0 Å². The Morgan fingerprint density at radius 2 is 1.76 bits per heavy atom. The van der Waals surface area contributed by atoms with Crippen molar-refractivity contribution in [3.05, 3.63) is 53.7 Å². The van der Waals surface area contributed by atoms with Crippen molar-refractivity contribution < 1.29 is 4.79 Å². The monoisotopic (exact) mass is 334 g/mol. The molecular formula is C22H26N2O. The molecule has 0 bridgehead atoms. The summed E-state index contributed by atoms with van der Waals surface area (Å²) in [6, 6.07) is 14.6. The lowest BCUT2D eigenvalue weighted by Gasteiger charge is -2.44. The number of fused-ring (bicyclic) bond motifs is 1. The van der Waals surface area contributed by atoms with Crippen molar-refractivity contribution in [3.63, 3.8) is 0 Å². The van der Waals surface area contributed by atoms with E-state index in [9.17, 15) is 4.79 Å². The number of pyridine rings is 1. The largest absolute Gasteiger partial charge is 0.334 e. The van der Waals surface area contributed by atoms with Gasteiger partial charge in [-0.25, -0.2) is 4.98 Å². The van der Waals surface area contributed by atoms with Gasteiger partial charge in [0, 0.05) is 18.2 Å². The van der Waals surface area contributed by atoms with Crippen molar-refractivity contribution in [2.24, 2.45) is 5.92 Å². The van der Waals surface area contributed by atoms with Crippen LogP contribution in [0.15, 0.2) is 42.5 Å². The summed E-state index contributed by atoms with van der Waals surface area (Å²) in [6.45, 7) is 2.96. The molecule has 1 aromatic carbocycles. The number of nitrogens with zero attached hydrogens (tertiary/aromatic N) is 2. The van der Waals surface area contributed by atoms with Crippen LogP contribution in [0.25, 0.3) is 11.3 Å². The summed E-state index contributed by atoms with van der Waals surface area (Å²) in [6.07, 6.45) is 7.43. The van der Waals surface area contributed by atoms with Gasteiger partial charge in [0.25, 0.3) is 5.91 Å². The van der Waals surface area contributed by atoms with Gasteiger partial charge in [-0.3, -0.25) is 4.79 Å². The first-order chi connectivity index (χ1) is 12.2. The maximum Gasteiger partial charge on any atom is 0.272 e. The number of aromatic nitrogens is 1. The number of aryl methyl sites for hydroxylation is 1. The molecule has 2 heterocycles. The molecule has 1 aromatic heterocycles. The van der Waals surface area contributed by atoms with Crippen LogP contribution in [0, 0.1) is 12.8 Å². The summed E-state index contributed by atoms with van der Waals surface area (Å²) in [5.74, 6) is 0.817. The first kappa shape index (κ1) is 16.3. The predicted octanol–water partition coefficient (Wildman–Crippen LogP) is 4.85. The molecule has 1 saturated carbocycles. The molecule has 0 spiro atoms. The molecule has 3 nitrogen and oxygen atoms in total. The zero-order valence-corrected chi connectivity index (χ0v) is 14.9. The van der Waals surface area contributed by atoms with E-state index in [-0.39, 0.29) is 5.91 Å². The lowest BCUT2D eigenvalue weighted by atomic mass is 9.78. The Bertz CT molecular complexity index is 751. The van der Waals surface area contributed by atoms with Crippen molar-refractivity contribution in [3.8, 4) is 11.3 Å². The average Bonchev–Trinajstić information content (AvgIpc) is 2.68. The van der Waals surface area contributed by atoms with Crippen LogP contribution < -0.4 is 0 Å². The van der Waals surface area contributed by atoms with Gasteiger partial charge in [0.2, 0.25) is 0 Å². The lowest BCUT2D eigenvalue weighted by Crippen LogP contribution is -2.49. The summed E-state index contributed by atoms with van der Waals surface area (Å²) in [7, 11) is 0. The minimum atomic E-state index is 0.116. The van der Waals surface area contributed by atoms with Crippen molar-refractivity contribution in [1.82, 2.24) is 9.88 Å². The maximum atomic E-state index is 13.2. The van der Waals surface area contributed by atoms with E-state index in [4.69, 9.17) is 4.98 Å². The molecular weight excluding hydrogens is 308 g/mol. The van der Waals surface area contributed by atoms with Crippen LogP contribution in [0.5, 0.6) is 0 Å². The van der Waals surface area contributed by atoms with E-state index in [1.54, 1.807) is 0 Å².